The molecule has 150 valence electrons. The van der Waals surface area contributed by atoms with E-state index in [1.165, 1.54) is 4.80 Å². The van der Waals surface area contributed by atoms with Gasteiger partial charge < -0.3 is 10.2 Å². The number of piperidine rings is 1. The molecule has 0 aliphatic carbocycles. The first-order valence-electron chi connectivity index (χ1n) is 9.68. The molecule has 29 heavy (non-hydrogen) atoms. The number of aldehydes is 1. The molecule has 0 bridgehead atoms. The zero-order valence-corrected chi connectivity index (χ0v) is 17.2. The maximum Gasteiger partial charge on any atom is 0.152 e. The number of carbonyl (C=O) groups is 1. The number of benzene rings is 1. The van der Waals surface area contributed by atoms with Crippen molar-refractivity contribution < 1.29 is 4.79 Å². The van der Waals surface area contributed by atoms with Crippen molar-refractivity contribution in [1.29, 1.82) is 0 Å². The van der Waals surface area contributed by atoms with Crippen LogP contribution in [0.3, 0.4) is 0 Å². The van der Waals surface area contributed by atoms with E-state index in [1.807, 2.05) is 24.3 Å². The lowest BCUT2D eigenvalue weighted by molar-refractivity contribution is 0.112. The highest BCUT2D eigenvalue weighted by Crippen LogP contribution is 2.35. The van der Waals surface area contributed by atoms with E-state index in [4.69, 9.17) is 11.6 Å². The van der Waals surface area contributed by atoms with Crippen LogP contribution in [0.5, 0.6) is 0 Å². The van der Waals surface area contributed by atoms with Gasteiger partial charge in [0.1, 0.15) is 11.5 Å². The molecule has 0 amide bonds. The van der Waals surface area contributed by atoms with Crippen molar-refractivity contribution >= 4 is 29.4 Å². The largest absolute Gasteiger partial charge is 0.365 e. The van der Waals surface area contributed by atoms with Gasteiger partial charge in [-0.2, -0.15) is 10.2 Å². The molecular formula is C21H23ClN6O. The summed E-state index contributed by atoms with van der Waals surface area (Å²) in [6, 6.07) is 7.92. The molecule has 4 rings (SSSR count). The van der Waals surface area contributed by atoms with Gasteiger partial charge in [-0.1, -0.05) is 17.7 Å². The third kappa shape index (κ3) is 3.82. The van der Waals surface area contributed by atoms with Crippen molar-refractivity contribution in [2.75, 3.05) is 16.8 Å². The monoisotopic (exact) mass is 410 g/mol. The summed E-state index contributed by atoms with van der Waals surface area (Å²) in [7, 11) is 0. The van der Waals surface area contributed by atoms with Crippen LogP contribution < -0.4 is 10.2 Å². The van der Waals surface area contributed by atoms with Crippen molar-refractivity contribution in [2.24, 2.45) is 0 Å². The summed E-state index contributed by atoms with van der Waals surface area (Å²) in [5.41, 5.74) is 3.37. The molecule has 1 aromatic carbocycles. The molecular weight excluding hydrogens is 388 g/mol. The molecule has 0 spiro atoms. The Balaban J connectivity index is 1.70. The van der Waals surface area contributed by atoms with Gasteiger partial charge in [0.2, 0.25) is 0 Å². The fourth-order valence-corrected chi connectivity index (χ4v) is 4.11. The number of hydrogen-bond donors (Lipinski definition) is 1. The number of anilines is 2. The van der Waals surface area contributed by atoms with Gasteiger partial charge >= 0.3 is 0 Å². The second kappa shape index (κ2) is 8.21. The molecule has 1 aliphatic rings. The highest BCUT2D eigenvalue weighted by molar-refractivity contribution is 6.30. The standard InChI is InChI=1S/C21H23ClN6O/c1-14-5-6-16(13-29)21(28-24-9-10-25-28)20(14)27-11-3-4-18(15(27)2)26-19-8-7-17(22)12-23-19/h5-10,12-13,15,18H,3-4,11H2,1-2H3,(H,23,26)/t15-,18+/m0/s1. The minimum absolute atomic E-state index is 0.177. The summed E-state index contributed by atoms with van der Waals surface area (Å²) < 4.78 is 0. The quantitative estimate of drug-likeness (QED) is 0.643. The molecule has 7 nitrogen and oxygen atoms in total. The number of carbonyl (C=O) groups excluding carboxylic acids is 1. The van der Waals surface area contributed by atoms with E-state index in [0.29, 0.717) is 10.6 Å². The molecule has 1 aliphatic heterocycles. The van der Waals surface area contributed by atoms with Crippen molar-refractivity contribution in [1.82, 2.24) is 20.0 Å². The van der Waals surface area contributed by atoms with E-state index >= 15 is 0 Å². The number of hydrogen-bond acceptors (Lipinski definition) is 6. The van der Waals surface area contributed by atoms with Crippen LogP contribution >= 0.6 is 11.6 Å². The zero-order valence-electron chi connectivity index (χ0n) is 16.4. The first-order chi connectivity index (χ1) is 14.1. The topological polar surface area (TPSA) is 75.9 Å². The predicted octanol–water partition coefficient (Wildman–Crippen LogP) is 3.91. The van der Waals surface area contributed by atoms with E-state index in [0.717, 1.165) is 48.4 Å². The Kier molecular flexibility index (Phi) is 5.49. The van der Waals surface area contributed by atoms with Gasteiger partial charge in [-0.3, -0.25) is 4.79 Å². The van der Waals surface area contributed by atoms with Crippen LogP contribution in [0.4, 0.5) is 11.5 Å². The Bertz CT molecular complexity index is 989. The first-order valence-corrected chi connectivity index (χ1v) is 10.1. The molecule has 0 saturated carbocycles. The van der Waals surface area contributed by atoms with E-state index in [1.54, 1.807) is 18.6 Å². The second-order valence-electron chi connectivity index (χ2n) is 7.29. The number of nitrogens with zero attached hydrogens (tertiary/aromatic N) is 5. The molecule has 2 atom stereocenters. The zero-order chi connectivity index (χ0) is 20.4. The molecule has 2 aromatic heterocycles. The van der Waals surface area contributed by atoms with Crippen LogP contribution in [0.25, 0.3) is 5.69 Å². The van der Waals surface area contributed by atoms with Crippen LogP contribution in [-0.4, -0.2) is 44.9 Å². The molecule has 0 unspecified atom stereocenters. The molecule has 0 radical (unpaired) electrons. The van der Waals surface area contributed by atoms with Crippen LogP contribution in [0.2, 0.25) is 5.02 Å². The Morgan fingerprint density at radius 3 is 2.66 bits per heavy atom. The lowest BCUT2D eigenvalue weighted by Crippen LogP contribution is -2.50. The van der Waals surface area contributed by atoms with Gasteiger partial charge in [-0.15, -0.1) is 4.80 Å². The SMILES string of the molecule is Cc1ccc(C=O)c(-n2nccn2)c1N1CCC[C@@H](Nc2ccc(Cl)cn2)[C@@H]1C. The summed E-state index contributed by atoms with van der Waals surface area (Å²) >= 11 is 5.96. The highest BCUT2D eigenvalue weighted by atomic mass is 35.5. The number of aryl methyl sites for hydroxylation is 1. The summed E-state index contributed by atoms with van der Waals surface area (Å²) in [5, 5.41) is 12.7. The predicted molar refractivity (Wildman–Crippen MR) is 114 cm³/mol. The van der Waals surface area contributed by atoms with Crippen LogP contribution in [-0.2, 0) is 0 Å². The van der Waals surface area contributed by atoms with Crippen molar-refractivity contribution in [3.63, 3.8) is 0 Å². The van der Waals surface area contributed by atoms with Gasteiger partial charge in [0.15, 0.2) is 6.29 Å². The third-order valence-corrected chi connectivity index (χ3v) is 5.69. The van der Waals surface area contributed by atoms with Gasteiger partial charge in [-0.25, -0.2) is 4.98 Å². The third-order valence-electron chi connectivity index (χ3n) is 5.47. The summed E-state index contributed by atoms with van der Waals surface area (Å²) in [6.07, 6.45) is 7.81. The van der Waals surface area contributed by atoms with Gasteiger partial charge in [0.05, 0.1) is 23.1 Å². The van der Waals surface area contributed by atoms with E-state index < -0.39 is 0 Å². The number of halogens is 1. The van der Waals surface area contributed by atoms with Crippen LogP contribution in [0.15, 0.2) is 42.9 Å². The van der Waals surface area contributed by atoms with Crippen LogP contribution in [0, 0.1) is 6.92 Å². The smallest absolute Gasteiger partial charge is 0.152 e. The maximum absolute atomic E-state index is 11.8. The molecule has 3 heterocycles. The summed E-state index contributed by atoms with van der Waals surface area (Å²) in [4.78, 5) is 20.0. The second-order valence-corrected chi connectivity index (χ2v) is 7.73. The lowest BCUT2D eigenvalue weighted by Gasteiger charge is -2.42. The number of pyridine rings is 1. The average Bonchev–Trinajstić information content (AvgIpc) is 3.26. The number of rotatable bonds is 5. The molecule has 1 saturated heterocycles. The number of nitrogens with one attached hydrogen (secondary N) is 1. The van der Waals surface area contributed by atoms with E-state index in [-0.39, 0.29) is 12.1 Å². The van der Waals surface area contributed by atoms with Crippen molar-refractivity contribution in [3.8, 4) is 5.69 Å². The van der Waals surface area contributed by atoms with E-state index in [2.05, 4.69) is 39.2 Å². The Morgan fingerprint density at radius 1 is 1.17 bits per heavy atom. The fraction of sp³-hybridized carbons (Fsp3) is 0.333. The molecule has 3 aromatic rings. The highest BCUT2D eigenvalue weighted by Gasteiger charge is 2.31. The minimum Gasteiger partial charge on any atom is -0.365 e. The molecule has 8 heteroatoms. The summed E-state index contributed by atoms with van der Waals surface area (Å²) in [5.74, 6) is 0.806. The summed E-state index contributed by atoms with van der Waals surface area (Å²) in [6.45, 7) is 5.15. The maximum atomic E-state index is 11.8. The average molecular weight is 411 g/mol. The number of aromatic nitrogens is 4. The normalized spacial score (nSPS) is 19.2. The van der Waals surface area contributed by atoms with Gasteiger partial charge in [-0.05, 0) is 50.5 Å². The molecule has 1 N–H and O–H groups in total. The Morgan fingerprint density at radius 2 is 1.97 bits per heavy atom. The van der Waals surface area contributed by atoms with E-state index in [9.17, 15) is 4.79 Å². The van der Waals surface area contributed by atoms with Crippen LogP contribution in [0.1, 0.15) is 35.7 Å². The fourth-order valence-electron chi connectivity index (χ4n) is 4.00. The Hall–Kier alpha value is -2.93. The van der Waals surface area contributed by atoms with Crippen molar-refractivity contribution in [3.05, 3.63) is 59.0 Å². The Labute approximate surface area is 174 Å². The molecule has 1 fully saturated rings. The van der Waals surface area contributed by atoms with Crippen molar-refractivity contribution in [2.45, 2.75) is 38.8 Å². The van der Waals surface area contributed by atoms with Gasteiger partial charge in [0, 0.05) is 30.4 Å². The minimum atomic E-state index is 0.177. The lowest BCUT2D eigenvalue weighted by atomic mass is 9.94. The first kappa shape index (κ1) is 19.4. The van der Waals surface area contributed by atoms with Gasteiger partial charge in [0.25, 0.3) is 0 Å².